The van der Waals surface area contributed by atoms with Crippen LogP contribution >= 0.6 is 0 Å². The van der Waals surface area contributed by atoms with Gasteiger partial charge in [0, 0.05) is 29.4 Å². The summed E-state index contributed by atoms with van der Waals surface area (Å²) in [5.41, 5.74) is 8.71. The van der Waals surface area contributed by atoms with Gasteiger partial charge < -0.3 is 20.3 Å². The number of nitrogens with zero attached hydrogens (tertiary/aromatic N) is 2. The zero-order valence-electron chi connectivity index (χ0n) is 21.8. The van der Waals surface area contributed by atoms with Gasteiger partial charge in [0.05, 0.1) is 24.2 Å². The number of anilines is 1. The van der Waals surface area contributed by atoms with Crippen LogP contribution in [0.15, 0.2) is 67.4 Å². The smallest absolute Gasteiger partial charge is 0.490 e. The Kier molecular flexibility index (Phi) is 8.63. The number of fused-ring (bicyclic) bond motifs is 4. The average Bonchev–Trinajstić information content (AvgIpc) is 2.95. The van der Waals surface area contributed by atoms with Crippen molar-refractivity contribution in [2.75, 3.05) is 25.9 Å². The number of esters is 1. The minimum atomic E-state index is -5.08. The molecule has 3 N–H and O–H groups in total. The number of carboxylic acids is 1. The molecule has 0 radical (unpaired) electrons. The standard InChI is InChI=1S/C27H29N3O3.C2HF3O2/c1-3-17-16-30-13-11-19(17)14-25(30)26(33-27(31)18-4-6-20(28)7-5-18)22-10-12-29-24-9-8-21(32-2)15-23(22)24;3-2(4,5)1(6)7/h3-10,12,15,17,19,25-26H,1,11,13-14,16,28H2,2H3;(H,6,7)/t17-,19+,25?,26+;/m0./s1. The summed E-state index contributed by atoms with van der Waals surface area (Å²) in [5.74, 6) is -1.32. The van der Waals surface area contributed by atoms with E-state index in [0.717, 1.165) is 48.1 Å². The maximum Gasteiger partial charge on any atom is 0.490 e. The molecule has 40 heavy (non-hydrogen) atoms. The summed E-state index contributed by atoms with van der Waals surface area (Å²) in [7, 11) is 1.65. The van der Waals surface area contributed by atoms with E-state index < -0.39 is 18.2 Å². The minimum Gasteiger partial charge on any atom is -0.497 e. The van der Waals surface area contributed by atoms with E-state index in [1.807, 2.05) is 24.3 Å². The number of hydrogen-bond acceptors (Lipinski definition) is 7. The zero-order valence-corrected chi connectivity index (χ0v) is 21.8. The van der Waals surface area contributed by atoms with Crippen LogP contribution in [0.2, 0.25) is 0 Å². The Morgan fingerprint density at radius 1 is 1.20 bits per heavy atom. The minimum absolute atomic E-state index is 0.0921. The van der Waals surface area contributed by atoms with Crippen molar-refractivity contribution in [3.05, 3.63) is 78.5 Å². The van der Waals surface area contributed by atoms with E-state index in [-0.39, 0.29) is 12.0 Å². The fraction of sp³-hybridized carbons (Fsp3) is 0.345. The summed E-state index contributed by atoms with van der Waals surface area (Å²) in [6, 6.07) is 14.7. The second-order valence-electron chi connectivity index (χ2n) is 9.78. The number of carbonyl (C=O) groups excluding carboxylic acids is 1. The van der Waals surface area contributed by atoms with Gasteiger partial charge in [-0.1, -0.05) is 6.08 Å². The van der Waals surface area contributed by atoms with Crippen molar-refractivity contribution in [2.45, 2.75) is 31.2 Å². The fourth-order valence-corrected chi connectivity index (χ4v) is 5.37. The molecule has 3 aliphatic rings. The third-order valence-electron chi connectivity index (χ3n) is 7.42. The molecule has 4 heterocycles. The number of nitrogen functional groups attached to an aromatic ring is 1. The molecule has 8 nitrogen and oxygen atoms in total. The number of methoxy groups -OCH3 is 1. The molecule has 0 saturated carbocycles. The van der Waals surface area contributed by atoms with Crippen LogP contribution in [0.4, 0.5) is 18.9 Å². The number of carbonyl (C=O) groups is 2. The van der Waals surface area contributed by atoms with Gasteiger partial charge in [0.25, 0.3) is 0 Å². The molecule has 0 amide bonds. The number of piperidine rings is 3. The molecule has 11 heteroatoms. The zero-order chi connectivity index (χ0) is 29.0. The van der Waals surface area contributed by atoms with Crippen LogP contribution in [0.25, 0.3) is 10.9 Å². The lowest BCUT2D eigenvalue weighted by atomic mass is 9.73. The Morgan fingerprint density at radius 3 is 2.48 bits per heavy atom. The number of halogens is 3. The molecule has 212 valence electrons. The SMILES string of the molecule is C=C[C@H]1CN2CC[C@@H]1CC2[C@H](OC(=O)c1ccc(N)cc1)c1ccnc2ccc(OC)cc12.O=C(O)C(F)(F)F. The number of pyridine rings is 1. The third kappa shape index (κ3) is 6.36. The molecular formula is C29H30F3N3O5. The maximum atomic E-state index is 13.2. The van der Waals surface area contributed by atoms with Crippen molar-refractivity contribution in [2.24, 2.45) is 11.8 Å². The van der Waals surface area contributed by atoms with E-state index in [1.54, 1.807) is 37.6 Å². The molecule has 3 fully saturated rings. The molecule has 2 aromatic carbocycles. The quantitative estimate of drug-likeness (QED) is 0.240. The third-order valence-corrected chi connectivity index (χ3v) is 7.42. The molecule has 0 aliphatic carbocycles. The van der Waals surface area contributed by atoms with Crippen molar-refractivity contribution < 1.29 is 37.3 Å². The highest BCUT2D eigenvalue weighted by atomic mass is 19.4. The number of alkyl halides is 3. The van der Waals surface area contributed by atoms with Crippen LogP contribution in [0, 0.1) is 11.8 Å². The summed E-state index contributed by atoms with van der Waals surface area (Å²) in [6.45, 7) is 5.99. The normalized spacial score (nSPS) is 22.5. The maximum absolute atomic E-state index is 13.2. The van der Waals surface area contributed by atoms with Gasteiger partial charge >= 0.3 is 18.1 Å². The van der Waals surface area contributed by atoms with Gasteiger partial charge in [-0.3, -0.25) is 9.88 Å². The number of aromatic nitrogens is 1. The Balaban J connectivity index is 0.000000470. The van der Waals surface area contributed by atoms with Crippen molar-refractivity contribution in [1.82, 2.24) is 9.88 Å². The Bertz CT molecular complexity index is 1380. The van der Waals surface area contributed by atoms with Crippen LogP contribution in [-0.4, -0.2) is 59.3 Å². The van der Waals surface area contributed by atoms with Gasteiger partial charge in [0.15, 0.2) is 0 Å². The first-order valence-electron chi connectivity index (χ1n) is 12.7. The summed E-state index contributed by atoms with van der Waals surface area (Å²) >= 11 is 0. The van der Waals surface area contributed by atoms with Crippen LogP contribution in [-0.2, 0) is 9.53 Å². The number of hydrogen-bond donors (Lipinski definition) is 2. The molecule has 2 bridgehead atoms. The van der Waals surface area contributed by atoms with E-state index in [2.05, 4.69) is 22.5 Å². The first-order valence-corrected chi connectivity index (χ1v) is 12.7. The predicted octanol–water partition coefficient (Wildman–Crippen LogP) is 5.25. The molecule has 6 rings (SSSR count). The summed E-state index contributed by atoms with van der Waals surface area (Å²) in [4.78, 5) is 29.1. The Labute approximate surface area is 229 Å². The van der Waals surface area contributed by atoms with Crippen LogP contribution in [0.5, 0.6) is 5.75 Å². The van der Waals surface area contributed by atoms with Gasteiger partial charge in [-0.25, -0.2) is 9.59 Å². The average molecular weight is 558 g/mol. The largest absolute Gasteiger partial charge is 0.497 e. The van der Waals surface area contributed by atoms with Gasteiger partial charge in [-0.05, 0) is 79.8 Å². The molecule has 3 saturated heterocycles. The van der Waals surface area contributed by atoms with Gasteiger partial charge in [0.2, 0.25) is 0 Å². The molecule has 0 spiro atoms. The van der Waals surface area contributed by atoms with E-state index in [4.69, 9.17) is 25.1 Å². The molecule has 1 aromatic heterocycles. The number of nitrogens with two attached hydrogens (primary N) is 1. The monoisotopic (exact) mass is 557 g/mol. The van der Waals surface area contributed by atoms with Gasteiger partial charge in [-0.15, -0.1) is 6.58 Å². The number of carboxylic acid groups (broad SMARTS) is 1. The topological polar surface area (TPSA) is 115 Å². The van der Waals surface area contributed by atoms with E-state index >= 15 is 0 Å². The number of benzene rings is 2. The molecule has 3 aliphatic heterocycles. The lowest BCUT2D eigenvalue weighted by molar-refractivity contribution is -0.192. The number of rotatable bonds is 6. The second kappa shape index (κ2) is 12.0. The number of ether oxygens (including phenoxy) is 2. The molecule has 5 atom stereocenters. The molecular weight excluding hydrogens is 527 g/mol. The lowest BCUT2D eigenvalue weighted by Gasteiger charge is -2.51. The molecule has 3 aromatic rings. The van der Waals surface area contributed by atoms with E-state index in [1.165, 1.54) is 0 Å². The van der Waals surface area contributed by atoms with Crippen molar-refractivity contribution in [1.29, 1.82) is 0 Å². The highest BCUT2D eigenvalue weighted by Gasteiger charge is 2.44. The van der Waals surface area contributed by atoms with E-state index in [0.29, 0.717) is 23.1 Å². The fourth-order valence-electron chi connectivity index (χ4n) is 5.37. The predicted molar refractivity (Wildman–Crippen MR) is 143 cm³/mol. The second-order valence-corrected chi connectivity index (χ2v) is 9.78. The first-order chi connectivity index (χ1) is 19.0. The van der Waals surface area contributed by atoms with Crippen molar-refractivity contribution in [3.8, 4) is 5.75 Å². The van der Waals surface area contributed by atoms with Gasteiger partial charge in [-0.2, -0.15) is 13.2 Å². The van der Waals surface area contributed by atoms with Crippen LogP contribution in [0.3, 0.4) is 0 Å². The van der Waals surface area contributed by atoms with Crippen molar-refractivity contribution >= 4 is 28.5 Å². The van der Waals surface area contributed by atoms with E-state index in [9.17, 15) is 18.0 Å². The Morgan fingerprint density at radius 2 is 1.90 bits per heavy atom. The highest BCUT2D eigenvalue weighted by Crippen LogP contribution is 2.44. The molecule has 2 unspecified atom stereocenters. The summed E-state index contributed by atoms with van der Waals surface area (Å²) < 4.78 is 43.5. The first kappa shape index (κ1) is 28.9. The lowest BCUT2D eigenvalue weighted by Crippen LogP contribution is -2.55. The van der Waals surface area contributed by atoms with Crippen LogP contribution < -0.4 is 10.5 Å². The number of aliphatic carboxylic acids is 1. The Hall–Kier alpha value is -4.12. The van der Waals surface area contributed by atoms with Crippen LogP contribution in [0.1, 0.15) is 34.9 Å². The van der Waals surface area contributed by atoms with Crippen molar-refractivity contribution in [3.63, 3.8) is 0 Å². The summed E-state index contributed by atoms with van der Waals surface area (Å²) in [6.07, 6.45) is 0.467. The summed E-state index contributed by atoms with van der Waals surface area (Å²) in [5, 5.41) is 8.06. The van der Waals surface area contributed by atoms with Gasteiger partial charge in [0.1, 0.15) is 11.9 Å². The highest BCUT2D eigenvalue weighted by molar-refractivity contribution is 5.90.